The molecule has 4 heteroatoms. The fraction of sp³-hybridized carbons (Fsp3) is 0.381. The van der Waals surface area contributed by atoms with Crippen molar-refractivity contribution in [3.63, 3.8) is 0 Å². The van der Waals surface area contributed by atoms with Crippen molar-refractivity contribution in [1.82, 2.24) is 4.90 Å². The van der Waals surface area contributed by atoms with Crippen LogP contribution in [0.2, 0.25) is 0 Å². The standard InChI is InChI=1S/C21H26N2O.ClH/c22-16-20-12-7-13-23(20)21(24)15-19(18-10-5-2-6-11-18)14-17-8-3-1-4-9-17;/h1-6,8-11,19-20H,7,12-16,22H2;1H. The van der Waals surface area contributed by atoms with Gasteiger partial charge in [-0.05, 0) is 36.3 Å². The molecule has 3 rings (SSSR count). The zero-order valence-corrected chi connectivity index (χ0v) is 15.3. The number of likely N-dealkylation sites (tertiary alicyclic amines) is 1. The molecule has 0 spiro atoms. The first kappa shape index (κ1) is 19.5. The number of nitrogens with zero attached hydrogens (tertiary/aromatic N) is 1. The van der Waals surface area contributed by atoms with E-state index >= 15 is 0 Å². The summed E-state index contributed by atoms with van der Waals surface area (Å²) in [4.78, 5) is 14.9. The molecule has 0 aromatic heterocycles. The van der Waals surface area contributed by atoms with Crippen LogP contribution in [0.3, 0.4) is 0 Å². The van der Waals surface area contributed by atoms with E-state index in [1.807, 2.05) is 17.0 Å². The first-order valence-corrected chi connectivity index (χ1v) is 8.86. The molecule has 25 heavy (non-hydrogen) atoms. The minimum Gasteiger partial charge on any atom is -0.338 e. The number of rotatable bonds is 6. The Kier molecular flexibility index (Phi) is 7.48. The van der Waals surface area contributed by atoms with Gasteiger partial charge in [-0.3, -0.25) is 4.79 Å². The van der Waals surface area contributed by atoms with Crippen LogP contribution in [0.25, 0.3) is 0 Å². The molecule has 2 unspecified atom stereocenters. The molecule has 0 saturated carbocycles. The van der Waals surface area contributed by atoms with Crippen LogP contribution in [0, 0.1) is 0 Å². The highest BCUT2D eigenvalue weighted by Crippen LogP contribution is 2.27. The van der Waals surface area contributed by atoms with Gasteiger partial charge in [0.15, 0.2) is 0 Å². The largest absolute Gasteiger partial charge is 0.338 e. The van der Waals surface area contributed by atoms with E-state index in [0.29, 0.717) is 13.0 Å². The molecular formula is C21H27ClN2O. The first-order chi connectivity index (χ1) is 11.8. The Bertz CT molecular complexity index is 647. The molecule has 2 aromatic carbocycles. The summed E-state index contributed by atoms with van der Waals surface area (Å²) in [6.45, 7) is 1.42. The average Bonchev–Trinajstić information content (AvgIpc) is 3.12. The van der Waals surface area contributed by atoms with Crippen molar-refractivity contribution >= 4 is 18.3 Å². The van der Waals surface area contributed by atoms with Gasteiger partial charge in [0.25, 0.3) is 0 Å². The van der Waals surface area contributed by atoms with Crippen molar-refractivity contribution in [3.8, 4) is 0 Å². The molecular weight excluding hydrogens is 332 g/mol. The minimum atomic E-state index is 0. The van der Waals surface area contributed by atoms with E-state index in [1.165, 1.54) is 11.1 Å². The minimum absolute atomic E-state index is 0. The van der Waals surface area contributed by atoms with Gasteiger partial charge in [-0.15, -0.1) is 12.4 Å². The van der Waals surface area contributed by atoms with E-state index in [2.05, 4.69) is 48.5 Å². The molecule has 2 aromatic rings. The van der Waals surface area contributed by atoms with Crippen molar-refractivity contribution in [2.45, 2.75) is 37.6 Å². The molecule has 1 aliphatic heterocycles. The smallest absolute Gasteiger partial charge is 0.223 e. The van der Waals surface area contributed by atoms with Crippen LogP contribution < -0.4 is 5.73 Å². The van der Waals surface area contributed by atoms with E-state index in [9.17, 15) is 4.79 Å². The van der Waals surface area contributed by atoms with Gasteiger partial charge in [-0.2, -0.15) is 0 Å². The number of carbonyl (C=O) groups is 1. The highest BCUT2D eigenvalue weighted by atomic mass is 35.5. The van der Waals surface area contributed by atoms with Crippen LogP contribution in [0.1, 0.15) is 36.3 Å². The van der Waals surface area contributed by atoms with Gasteiger partial charge < -0.3 is 10.6 Å². The fourth-order valence-corrected chi connectivity index (χ4v) is 3.67. The number of halogens is 1. The number of nitrogens with two attached hydrogens (primary N) is 1. The lowest BCUT2D eigenvalue weighted by Crippen LogP contribution is -2.40. The van der Waals surface area contributed by atoms with Gasteiger partial charge in [-0.1, -0.05) is 60.7 Å². The zero-order valence-electron chi connectivity index (χ0n) is 14.5. The van der Waals surface area contributed by atoms with Crippen LogP contribution in [0.4, 0.5) is 0 Å². The van der Waals surface area contributed by atoms with Crippen LogP contribution >= 0.6 is 12.4 Å². The average molecular weight is 359 g/mol. The molecule has 0 radical (unpaired) electrons. The maximum atomic E-state index is 12.9. The van der Waals surface area contributed by atoms with Crippen molar-refractivity contribution in [2.24, 2.45) is 5.73 Å². The zero-order chi connectivity index (χ0) is 16.8. The highest BCUT2D eigenvalue weighted by molar-refractivity contribution is 5.85. The molecule has 1 fully saturated rings. The molecule has 3 nitrogen and oxygen atoms in total. The molecule has 1 heterocycles. The summed E-state index contributed by atoms with van der Waals surface area (Å²) >= 11 is 0. The summed E-state index contributed by atoms with van der Waals surface area (Å²) in [5, 5.41) is 0. The van der Waals surface area contributed by atoms with E-state index < -0.39 is 0 Å². The number of amides is 1. The molecule has 134 valence electrons. The van der Waals surface area contributed by atoms with Gasteiger partial charge >= 0.3 is 0 Å². The van der Waals surface area contributed by atoms with Gasteiger partial charge in [-0.25, -0.2) is 0 Å². The van der Waals surface area contributed by atoms with Crippen LogP contribution in [0.5, 0.6) is 0 Å². The van der Waals surface area contributed by atoms with Gasteiger partial charge in [0.05, 0.1) is 0 Å². The van der Waals surface area contributed by atoms with E-state index in [1.54, 1.807) is 0 Å². The predicted molar refractivity (Wildman–Crippen MR) is 105 cm³/mol. The second-order valence-electron chi connectivity index (χ2n) is 6.62. The van der Waals surface area contributed by atoms with Crippen molar-refractivity contribution in [3.05, 3.63) is 71.8 Å². The van der Waals surface area contributed by atoms with Crippen LogP contribution in [-0.2, 0) is 11.2 Å². The van der Waals surface area contributed by atoms with Crippen LogP contribution in [0.15, 0.2) is 60.7 Å². The van der Waals surface area contributed by atoms with Gasteiger partial charge in [0, 0.05) is 25.6 Å². The Balaban J connectivity index is 0.00000225. The molecule has 0 aliphatic carbocycles. The summed E-state index contributed by atoms with van der Waals surface area (Å²) in [6, 6.07) is 21.0. The lowest BCUT2D eigenvalue weighted by molar-refractivity contribution is -0.132. The lowest BCUT2D eigenvalue weighted by Gasteiger charge is -2.26. The third-order valence-corrected chi connectivity index (χ3v) is 4.99. The Morgan fingerprint density at radius 2 is 1.72 bits per heavy atom. The molecule has 2 atom stereocenters. The molecule has 1 amide bonds. The number of hydrogen-bond donors (Lipinski definition) is 1. The normalized spacial score (nSPS) is 17.8. The van der Waals surface area contributed by atoms with Crippen molar-refractivity contribution in [1.29, 1.82) is 0 Å². The highest BCUT2D eigenvalue weighted by Gasteiger charge is 2.29. The van der Waals surface area contributed by atoms with Gasteiger partial charge in [0.2, 0.25) is 5.91 Å². The van der Waals surface area contributed by atoms with Gasteiger partial charge in [0.1, 0.15) is 0 Å². The monoisotopic (exact) mass is 358 g/mol. The summed E-state index contributed by atoms with van der Waals surface area (Å²) in [6.07, 6.45) is 3.55. The van der Waals surface area contributed by atoms with E-state index in [-0.39, 0.29) is 30.3 Å². The lowest BCUT2D eigenvalue weighted by atomic mass is 9.89. The fourth-order valence-electron chi connectivity index (χ4n) is 3.67. The summed E-state index contributed by atoms with van der Waals surface area (Å²) in [5.74, 6) is 0.452. The summed E-state index contributed by atoms with van der Waals surface area (Å²) in [5.41, 5.74) is 8.34. The van der Waals surface area contributed by atoms with E-state index in [4.69, 9.17) is 5.73 Å². The van der Waals surface area contributed by atoms with Crippen LogP contribution in [-0.4, -0.2) is 29.9 Å². The Hall–Kier alpha value is -1.84. The molecule has 2 N–H and O–H groups in total. The maximum Gasteiger partial charge on any atom is 0.223 e. The topological polar surface area (TPSA) is 46.3 Å². The quantitative estimate of drug-likeness (QED) is 0.854. The second kappa shape index (κ2) is 9.59. The molecule has 1 saturated heterocycles. The summed E-state index contributed by atoms with van der Waals surface area (Å²) in [7, 11) is 0. The SMILES string of the molecule is Cl.NCC1CCCN1C(=O)CC(Cc1ccccc1)c1ccccc1. The third-order valence-electron chi connectivity index (χ3n) is 4.99. The number of hydrogen-bond acceptors (Lipinski definition) is 2. The van der Waals surface area contributed by atoms with E-state index in [0.717, 1.165) is 25.8 Å². The molecule has 0 bridgehead atoms. The first-order valence-electron chi connectivity index (χ1n) is 8.86. The Morgan fingerprint density at radius 1 is 1.08 bits per heavy atom. The van der Waals surface area contributed by atoms with Crippen molar-refractivity contribution < 1.29 is 4.79 Å². The Labute approximate surface area is 156 Å². The Morgan fingerprint density at radius 3 is 2.36 bits per heavy atom. The number of carbonyl (C=O) groups excluding carboxylic acids is 1. The maximum absolute atomic E-state index is 12.9. The second-order valence-corrected chi connectivity index (χ2v) is 6.62. The third kappa shape index (κ3) is 5.07. The molecule has 1 aliphatic rings. The van der Waals surface area contributed by atoms with Crippen molar-refractivity contribution in [2.75, 3.05) is 13.1 Å². The predicted octanol–water partition coefficient (Wildman–Crippen LogP) is 3.77. The summed E-state index contributed by atoms with van der Waals surface area (Å²) < 4.78 is 0. The number of benzene rings is 2.